The lowest BCUT2D eigenvalue weighted by atomic mass is 10.0. The molecule has 0 radical (unpaired) electrons. The monoisotopic (exact) mass is 702 g/mol. The molecule has 0 unspecified atom stereocenters. The Hall–Kier alpha value is -1.26. The summed E-state index contributed by atoms with van der Waals surface area (Å²) < 4.78 is 19.2. The molecule has 0 aromatic carbocycles. The van der Waals surface area contributed by atoms with Crippen LogP contribution in [0.3, 0.4) is 0 Å². The van der Waals surface area contributed by atoms with Crippen LogP contribution in [0.2, 0.25) is 0 Å². The van der Waals surface area contributed by atoms with E-state index in [4.69, 9.17) is 14.2 Å². The smallest absolute Gasteiger partial charge is 0.417 e. The summed E-state index contributed by atoms with van der Waals surface area (Å²) in [6.07, 6.45) is 23.5. The lowest BCUT2D eigenvalue weighted by Crippen LogP contribution is -3.00. The van der Waals surface area contributed by atoms with Crippen LogP contribution in [0.5, 0.6) is 0 Å². The lowest BCUT2D eigenvalue weighted by Gasteiger charge is -2.19. The van der Waals surface area contributed by atoms with Crippen molar-refractivity contribution in [3.63, 3.8) is 0 Å². The van der Waals surface area contributed by atoms with E-state index >= 15 is 0 Å². The van der Waals surface area contributed by atoms with Crippen LogP contribution in [0.1, 0.15) is 136 Å². The van der Waals surface area contributed by atoms with Crippen molar-refractivity contribution in [1.29, 1.82) is 0 Å². The van der Waals surface area contributed by atoms with E-state index in [-0.39, 0.29) is 55.2 Å². The van der Waals surface area contributed by atoms with Crippen LogP contribution in [-0.4, -0.2) is 43.0 Å². The summed E-state index contributed by atoms with van der Waals surface area (Å²) >= 11 is 0. The third-order valence-corrected chi connectivity index (χ3v) is 8.08. The number of aryl methyl sites for hydroxylation is 1. The summed E-state index contributed by atoms with van der Waals surface area (Å²) in [5.74, 6) is -0.245. The Morgan fingerprint density at radius 1 is 0.881 bits per heavy atom. The zero-order chi connectivity index (χ0) is 29.5. The number of imide groups is 1. The third kappa shape index (κ3) is 17.1. The SMILES string of the molecule is CCCCCCCCCCCCCCCCCCO[C@@H]1C[C@H](COC(=O)N(Cc2cccc[n+]2CC)C(C)=O)CO1.[I-]. The molecule has 1 saturated heterocycles. The number of amides is 2. The second-order valence-electron chi connectivity index (χ2n) is 11.7. The molecule has 42 heavy (non-hydrogen) atoms. The van der Waals surface area contributed by atoms with Gasteiger partial charge in [-0.1, -0.05) is 109 Å². The van der Waals surface area contributed by atoms with Crippen molar-refractivity contribution >= 4 is 12.0 Å². The van der Waals surface area contributed by atoms with Gasteiger partial charge in [0, 0.05) is 38.0 Å². The van der Waals surface area contributed by atoms with Gasteiger partial charge >= 0.3 is 6.09 Å². The minimum Gasteiger partial charge on any atom is -1.00 e. The number of halogens is 1. The molecule has 8 heteroatoms. The number of ether oxygens (including phenoxy) is 3. The second-order valence-corrected chi connectivity index (χ2v) is 11.7. The van der Waals surface area contributed by atoms with Crippen LogP contribution in [0.4, 0.5) is 4.79 Å². The Morgan fingerprint density at radius 3 is 2.00 bits per heavy atom. The minimum atomic E-state index is -0.610. The van der Waals surface area contributed by atoms with Gasteiger partial charge in [-0.05, 0) is 13.3 Å². The fourth-order valence-corrected chi connectivity index (χ4v) is 5.45. The molecule has 0 bridgehead atoms. The molecule has 0 aliphatic carbocycles. The van der Waals surface area contributed by atoms with E-state index in [1.807, 2.05) is 35.9 Å². The molecule has 2 atom stereocenters. The molecule has 0 saturated carbocycles. The van der Waals surface area contributed by atoms with Crippen molar-refractivity contribution in [2.24, 2.45) is 5.92 Å². The molecule has 1 aliphatic heterocycles. The summed E-state index contributed by atoms with van der Waals surface area (Å²) in [5, 5.41) is 0. The van der Waals surface area contributed by atoms with Gasteiger partial charge in [0.1, 0.15) is 13.1 Å². The Morgan fingerprint density at radius 2 is 1.45 bits per heavy atom. The molecule has 1 aliphatic rings. The number of aromatic nitrogens is 1. The first-order valence-corrected chi connectivity index (χ1v) is 16.7. The van der Waals surface area contributed by atoms with Gasteiger partial charge in [-0.2, -0.15) is 0 Å². The van der Waals surface area contributed by atoms with Crippen molar-refractivity contribution in [2.45, 2.75) is 149 Å². The van der Waals surface area contributed by atoms with E-state index in [0.717, 1.165) is 23.6 Å². The van der Waals surface area contributed by atoms with Gasteiger partial charge in [0.2, 0.25) is 11.6 Å². The summed E-state index contributed by atoms with van der Waals surface area (Å²) in [6.45, 7) is 8.09. The van der Waals surface area contributed by atoms with Gasteiger partial charge in [0.05, 0.1) is 13.2 Å². The molecular formula is C34H59IN2O5. The van der Waals surface area contributed by atoms with Gasteiger partial charge in [-0.15, -0.1) is 0 Å². The Bertz CT molecular complexity index is 840. The number of carbonyl (C=O) groups is 2. The number of rotatable bonds is 23. The standard InChI is InChI=1S/C34H59N2O5.HI/c1-4-6-7-8-9-10-11-12-13-14-15-16-17-18-19-22-25-39-33-26-31(28-40-33)29-41-34(38)36(30(3)37)27-32-23-20-21-24-35(32)5-2;/h20-21,23-24,31,33H,4-19,22,25-29H2,1-3H3;1H/q+1;/p-1/t31-,33-;/m0./s1. The largest absolute Gasteiger partial charge is 1.00 e. The Labute approximate surface area is 273 Å². The minimum absolute atomic E-state index is 0. The average molecular weight is 703 g/mol. The first-order valence-electron chi connectivity index (χ1n) is 16.7. The van der Waals surface area contributed by atoms with Crippen LogP contribution in [0.15, 0.2) is 24.4 Å². The van der Waals surface area contributed by atoms with Crippen molar-refractivity contribution in [3.05, 3.63) is 30.1 Å². The predicted octanol–water partition coefficient (Wildman–Crippen LogP) is 5.12. The van der Waals surface area contributed by atoms with Gasteiger partial charge in [-0.25, -0.2) is 14.3 Å². The van der Waals surface area contributed by atoms with Crippen LogP contribution < -0.4 is 28.5 Å². The molecule has 1 aromatic heterocycles. The van der Waals surface area contributed by atoms with E-state index in [2.05, 4.69) is 6.92 Å². The van der Waals surface area contributed by atoms with E-state index < -0.39 is 6.09 Å². The van der Waals surface area contributed by atoms with Crippen LogP contribution in [-0.2, 0) is 32.1 Å². The maximum atomic E-state index is 12.7. The van der Waals surface area contributed by atoms with Gasteiger partial charge in [-0.3, -0.25) is 4.79 Å². The molecule has 1 fully saturated rings. The predicted molar refractivity (Wildman–Crippen MR) is 163 cm³/mol. The highest BCUT2D eigenvalue weighted by atomic mass is 127. The Balaban J connectivity index is 0.00000882. The summed E-state index contributed by atoms with van der Waals surface area (Å²) in [7, 11) is 0. The van der Waals surface area contributed by atoms with Crippen molar-refractivity contribution in [3.8, 4) is 0 Å². The molecule has 0 N–H and O–H groups in total. The van der Waals surface area contributed by atoms with Crippen molar-refractivity contribution in [2.75, 3.05) is 19.8 Å². The van der Waals surface area contributed by atoms with Crippen LogP contribution >= 0.6 is 0 Å². The quantitative estimate of drug-likeness (QED) is 0.0900. The van der Waals surface area contributed by atoms with Crippen LogP contribution in [0.25, 0.3) is 0 Å². The first kappa shape index (κ1) is 38.8. The number of hydrogen-bond donors (Lipinski definition) is 0. The van der Waals surface area contributed by atoms with Crippen LogP contribution in [0, 0.1) is 5.92 Å². The third-order valence-electron chi connectivity index (χ3n) is 8.08. The average Bonchev–Trinajstić information content (AvgIpc) is 3.44. The summed E-state index contributed by atoms with van der Waals surface area (Å²) in [5.41, 5.74) is 0.883. The maximum absolute atomic E-state index is 12.7. The van der Waals surface area contributed by atoms with E-state index in [9.17, 15) is 9.59 Å². The highest BCUT2D eigenvalue weighted by Gasteiger charge is 2.29. The van der Waals surface area contributed by atoms with Gasteiger partial charge < -0.3 is 38.2 Å². The zero-order valence-electron chi connectivity index (χ0n) is 26.8. The maximum Gasteiger partial charge on any atom is 0.417 e. The topological polar surface area (TPSA) is 69.0 Å². The fraction of sp³-hybridized carbons (Fsp3) is 0.794. The molecule has 1 aromatic rings. The van der Waals surface area contributed by atoms with Gasteiger partial charge in [0.15, 0.2) is 12.5 Å². The number of nitrogens with zero attached hydrogens (tertiary/aromatic N) is 2. The lowest BCUT2D eigenvalue weighted by molar-refractivity contribution is -0.701. The fourth-order valence-electron chi connectivity index (χ4n) is 5.45. The summed E-state index contributed by atoms with van der Waals surface area (Å²) in [4.78, 5) is 26.0. The zero-order valence-corrected chi connectivity index (χ0v) is 29.0. The van der Waals surface area contributed by atoms with E-state index in [1.165, 1.54) is 103 Å². The number of hydrogen-bond acceptors (Lipinski definition) is 5. The molecule has 242 valence electrons. The Kier molecular flexibility index (Phi) is 23.2. The van der Waals surface area contributed by atoms with Crippen molar-refractivity contribution in [1.82, 2.24) is 4.90 Å². The normalized spacial score (nSPS) is 16.3. The number of unbranched alkanes of at least 4 members (excludes halogenated alkanes) is 15. The van der Waals surface area contributed by atoms with E-state index in [0.29, 0.717) is 19.6 Å². The molecule has 2 rings (SSSR count). The molecule has 2 amide bonds. The highest BCUT2D eigenvalue weighted by molar-refractivity contribution is 5.90. The van der Waals surface area contributed by atoms with Crippen molar-refractivity contribution < 1.29 is 52.3 Å². The number of pyridine rings is 1. The first-order chi connectivity index (χ1) is 20.0. The molecular weight excluding hydrogens is 643 g/mol. The van der Waals surface area contributed by atoms with E-state index in [1.54, 1.807) is 0 Å². The highest BCUT2D eigenvalue weighted by Crippen LogP contribution is 2.22. The summed E-state index contributed by atoms with van der Waals surface area (Å²) in [6, 6.07) is 5.75. The number of carbonyl (C=O) groups excluding carboxylic acids is 2. The molecule has 0 spiro atoms. The molecule has 2 heterocycles. The van der Waals surface area contributed by atoms with Gasteiger partial charge in [0.25, 0.3) is 0 Å². The second kappa shape index (κ2) is 25.1. The molecule has 7 nitrogen and oxygen atoms in total.